The normalized spacial score (nSPS) is 12.8. The molecule has 2 nitrogen and oxygen atoms in total. The predicted octanol–water partition coefficient (Wildman–Crippen LogP) is 4.52. The van der Waals surface area contributed by atoms with Gasteiger partial charge in [-0.15, -0.1) is 0 Å². The Morgan fingerprint density at radius 1 is 1.35 bits per heavy atom. The van der Waals surface area contributed by atoms with Crippen LogP contribution in [-0.2, 0) is 6.54 Å². The van der Waals surface area contributed by atoms with Crippen molar-refractivity contribution < 1.29 is 0 Å². The highest BCUT2D eigenvalue weighted by molar-refractivity contribution is 9.10. The molecule has 114 valence electrons. The molecule has 0 amide bonds. The van der Waals surface area contributed by atoms with E-state index in [1.165, 1.54) is 22.1 Å². The van der Waals surface area contributed by atoms with Crippen LogP contribution in [0.5, 0.6) is 0 Å². The van der Waals surface area contributed by atoms with E-state index in [-0.39, 0.29) is 0 Å². The van der Waals surface area contributed by atoms with Gasteiger partial charge in [0.2, 0.25) is 0 Å². The number of hydrogen-bond donors (Lipinski definition) is 1. The molecule has 20 heavy (non-hydrogen) atoms. The smallest absolute Gasteiger partial charge is 0.0511 e. The van der Waals surface area contributed by atoms with Crippen LogP contribution in [0.15, 0.2) is 22.7 Å². The van der Waals surface area contributed by atoms with Crippen molar-refractivity contribution >= 4 is 33.4 Å². The fraction of sp³-hybridized carbons (Fsp3) is 0.625. The highest BCUT2D eigenvalue weighted by atomic mass is 79.9. The molecule has 1 rings (SSSR count). The lowest BCUT2D eigenvalue weighted by atomic mass is 10.1. The largest absolute Gasteiger partial charge is 0.370 e. The molecule has 0 aliphatic heterocycles. The van der Waals surface area contributed by atoms with Gasteiger partial charge in [0.1, 0.15) is 0 Å². The minimum Gasteiger partial charge on any atom is -0.370 e. The van der Waals surface area contributed by atoms with Crippen molar-refractivity contribution in [1.82, 2.24) is 5.32 Å². The highest BCUT2D eigenvalue weighted by Gasteiger charge is 2.15. The van der Waals surface area contributed by atoms with Crippen molar-refractivity contribution in [2.75, 3.05) is 24.0 Å². The van der Waals surface area contributed by atoms with Gasteiger partial charge in [0.05, 0.1) is 5.69 Å². The van der Waals surface area contributed by atoms with Crippen LogP contribution >= 0.6 is 27.7 Å². The molecule has 1 atom stereocenters. The lowest BCUT2D eigenvalue weighted by molar-refractivity contribution is 0.588. The van der Waals surface area contributed by atoms with Gasteiger partial charge in [0, 0.05) is 35.9 Å². The molecule has 4 heteroatoms. The standard InChI is InChI=1S/C16H27BrN2S/c1-6-14(11-20-5)19(4)16-8-7-13(9-15(16)17)10-18-12(2)3/h7-9,12,14,18H,6,10-11H2,1-5H3. The number of anilines is 1. The van der Waals surface area contributed by atoms with Gasteiger partial charge in [-0.1, -0.05) is 26.8 Å². The third-order valence-corrected chi connectivity index (χ3v) is 4.84. The maximum absolute atomic E-state index is 3.73. The number of benzene rings is 1. The van der Waals surface area contributed by atoms with Crippen LogP contribution in [0.3, 0.4) is 0 Å². The lowest BCUT2D eigenvalue weighted by Crippen LogP contribution is -2.33. The van der Waals surface area contributed by atoms with Crippen LogP contribution in [-0.4, -0.2) is 31.1 Å². The summed E-state index contributed by atoms with van der Waals surface area (Å²) in [6.07, 6.45) is 3.34. The molecule has 0 bridgehead atoms. The molecule has 0 radical (unpaired) electrons. The molecular weight excluding hydrogens is 332 g/mol. The van der Waals surface area contributed by atoms with E-state index in [1.54, 1.807) is 0 Å². The third kappa shape index (κ3) is 5.30. The van der Waals surface area contributed by atoms with Crippen molar-refractivity contribution in [2.24, 2.45) is 0 Å². The molecule has 1 aromatic rings. The second-order valence-corrected chi connectivity index (χ2v) is 7.21. The Morgan fingerprint density at radius 3 is 2.55 bits per heavy atom. The molecule has 0 heterocycles. The van der Waals surface area contributed by atoms with Crippen LogP contribution in [0.2, 0.25) is 0 Å². The Hall–Kier alpha value is -0.190. The zero-order valence-corrected chi connectivity index (χ0v) is 15.6. The summed E-state index contributed by atoms with van der Waals surface area (Å²) in [4.78, 5) is 2.39. The molecule has 0 spiro atoms. The average Bonchev–Trinajstić information content (AvgIpc) is 2.42. The number of nitrogens with one attached hydrogen (secondary N) is 1. The van der Waals surface area contributed by atoms with Gasteiger partial charge < -0.3 is 10.2 Å². The first-order chi connectivity index (χ1) is 9.49. The van der Waals surface area contributed by atoms with Crippen LogP contribution in [0.4, 0.5) is 5.69 Å². The summed E-state index contributed by atoms with van der Waals surface area (Å²) in [6.45, 7) is 7.52. The summed E-state index contributed by atoms with van der Waals surface area (Å²) in [6, 6.07) is 7.78. The van der Waals surface area contributed by atoms with Crippen LogP contribution in [0, 0.1) is 0 Å². The van der Waals surface area contributed by atoms with Crippen LogP contribution in [0.25, 0.3) is 0 Å². The summed E-state index contributed by atoms with van der Waals surface area (Å²) in [5.74, 6) is 1.16. The maximum Gasteiger partial charge on any atom is 0.0511 e. The zero-order valence-electron chi connectivity index (χ0n) is 13.2. The number of thioether (sulfide) groups is 1. The molecule has 1 N–H and O–H groups in total. The summed E-state index contributed by atoms with van der Waals surface area (Å²) < 4.78 is 1.18. The maximum atomic E-state index is 3.73. The Kier molecular flexibility index (Phi) is 8.00. The second-order valence-electron chi connectivity index (χ2n) is 5.45. The molecule has 0 aromatic heterocycles. The van der Waals surface area contributed by atoms with Crippen molar-refractivity contribution in [3.8, 4) is 0 Å². The number of halogens is 1. The van der Waals surface area contributed by atoms with Gasteiger partial charge in [-0.2, -0.15) is 11.8 Å². The summed E-state index contributed by atoms with van der Waals surface area (Å²) >= 11 is 5.64. The van der Waals surface area contributed by atoms with Gasteiger partial charge in [0.15, 0.2) is 0 Å². The number of hydrogen-bond acceptors (Lipinski definition) is 3. The SMILES string of the molecule is CCC(CSC)N(C)c1ccc(CNC(C)C)cc1Br. The number of nitrogens with zero attached hydrogens (tertiary/aromatic N) is 1. The first kappa shape index (κ1) is 17.9. The van der Waals surface area contributed by atoms with Gasteiger partial charge in [0.25, 0.3) is 0 Å². The molecule has 1 aromatic carbocycles. The first-order valence-electron chi connectivity index (χ1n) is 7.23. The van der Waals surface area contributed by atoms with Crippen molar-refractivity contribution in [1.29, 1.82) is 0 Å². The molecule has 0 saturated heterocycles. The molecule has 0 saturated carbocycles. The molecule has 0 fully saturated rings. The predicted molar refractivity (Wildman–Crippen MR) is 97.0 cm³/mol. The van der Waals surface area contributed by atoms with Crippen LogP contribution in [0.1, 0.15) is 32.8 Å². The monoisotopic (exact) mass is 358 g/mol. The summed E-state index contributed by atoms with van der Waals surface area (Å²) in [7, 11) is 2.19. The molecule has 0 aliphatic rings. The third-order valence-electron chi connectivity index (χ3n) is 3.48. The quantitative estimate of drug-likeness (QED) is 0.734. The minimum atomic E-state index is 0.516. The van der Waals surface area contributed by atoms with E-state index in [1.807, 2.05) is 11.8 Å². The van der Waals surface area contributed by atoms with Crippen LogP contribution < -0.4 is 10.2 Å². The van der Waals surface area contributed by atoms with Gasteiger partial charge >= 0.3 is 0 Å². The van der Waals surface area contributed by atoms with Crippen molar-refractivity contribution in [3.05, 3.63) is 28.2 Å². The molecule has 1 unspecified atom stereocenters. The number of rotatable bonds is 8. The Bertz CT molecular complexity index is 409. The molecular formula is C16H27BrN2S. The topological polar surface area (TPSA) is 15.3 Å². The Labute approximate surface area is 136 Å². The van der Waals surface area contributed by atoms with E-state index in [0.29, 0.717) is 12.1 Å². The van der Waals surface area contributed by atoms with E-state index in [4.69, 9.17) is 0 Å². The van der Waals surface area contributed by atoms with E-state index in [0.717, 1.165) is 12.3 Å². The Morgan fingerprint density at radius 2 is 2.05 bits per heavy atom. The van der Waals surface area contributed by atoms with Gasteiger partial charge in [-0.3, -0.25) is 0 Å². The first-order valence-corrected chi connectivity index (χ1v) is 9.41. The second kappa shape index (κ2) is 8.96. The zero-order chi connectivity index (χ0) is 15.1. The van der Waals surface area contributed by atoms with E-state index in [9.17, 15) is 0 Å². The van der Waals surface area contributed by atoms with E-state index >= 15 is 0 Å². The summed E-state index contributed by atoms with van der Waals surface area (Å²) in [5, 5.41) is 3.45. The van der Waals surface area contributed by atoms with Gasteiger partial charge in [-0.05, 0) is 46.3 Å². The van der Waals surface area contributed by atoms with E-state index in [2.05, 4.69) is 78.4 Å². The summed E-state index contributed by atoms with van der Waals surface area (Å²) in [5.41, 5.74) is 2.60. The van der Waals surface area contributed by atoms with Gasteiger partial charge in [-0.25, -0.2) is 0 Å². The minimum absolute atomic E-state index is 0.516. The van der Waals surface area contributed by atoms with Crippen molar-refractivity contribution in [3.63, 3.8) is 0 Å². The fourth-order valence-corrected chi connectivity index (χ4v) is 3.71. The highest BCUT2D eigenvalue weighted by Crippen LogP contribution is 2.29. The van der Waals surface area contributed by atoms with Crippen molar-refractivity contribution in [2.45, 2.75) is 45.8 Å². The fourth-order valence-electron chi connectivity index (χ4n) is 2.16. The molecule has 0 aliphatic carbocycles. The Balaban J connectivity index is 2.80. The lowest BCUT2D eigenvalue weighted by Gasteiger charge is -2.30. The average molecular weight is 359 g/mol. The van der Waals surface area contributed by atoms with E-state index < -0.39 is 0 Å².